The van der Waals surface area contributed by atoms with Crippen molar-refractivity contribution in [3.8, 4) is 0 Å². The molecule has 0 radical (unpaired) electrons. The molecule has 0 unspecified atom stereocenters. The van der Waals surface area contributed by atoms with Crippen LogP contribution in [0.25, 0.3) is 0 Å². The minimum absolute atomic E-state index is 0.0254. The fourth-order valence-electron chi connectivity index (χ4n) is 3.77. The first kappa shape index (κ1) is 21.3. The van der Waals surface area contributed by atoms with Gasteiger partial charge in [0.25, 0.3) is 0 Å². The summed E-state index contributed by atoms with van der Waals surface area (Å²) in [5.41, 5.74) is 1.14. The second kappa shape index (κ2) is 8.68. The third-order valence-corrected chi connectivity index (χ3v) is 7.34. The minimum Gasteiger partial charge on any atom is -0.460 e. The number of piperazine rings is 1. The highest BCUT2D eigenvalue weighted by molar-refractivity contribution is 7.89. The normalized spacial score (nSPS) is 22.2. The lowest BCUT2D eigenvalue weighted by Gasteiger charge is -2.35. The van der Waals surface area contributed by atoms with Crippen molar-refractivity contribution in [1.29, 1.82) is 0 Å². The van der Waals surface area contributed by atoms with Crippen molar-refractivity contribution < 1.29 is 27.5 Å². The number of hydrogen-bond acceptors (Lipinski definition) is 7. The highest BCUT2D eigenvalue weighted by Crippen LogP contribution is 2.23. The van der Waals surface area contributed by atoms with Crippen molar-refractivity contribution >= 4 is 27.6 Å². The van der Waals surface area contributed by atoms with Gasteiger partial charge in [0.2, 0.25) is 16.1 Å². The lowest BCUT2D eigenvalue weighted by Crippen LogP contribution is -2.48. The highest BCUT2D eigenvalue weighted by atomic mass is 32.2. The average molecular weight is 445 g/mol. The first-order valence-corrected chi connectivity index (χ1v) is 11.6. The largest absolute Gasteiger partial charge is 0.460 e. The maximum atomic E-state index is 13.1. The number of ether oxygens (including phenoxy) is 2. The molecule has 0 saturated carbocycles. The molecule has 2 aromatic rings. The van der Waals surface area contributed by atoms with Crippen LogP contribution in [0.4, 0.5) is 5.69 Å². The van der Waals surface area contributed by atoms with E-state index < -0.39 is 28.1 Å². The predicted octanol–water partition coefficient (Wildman–Crippen LogP) is 2.06. The lowest BCUT2D eigenvalue weighted by atomic mass is 10.2. The number of esters is 2. The summed E-state index contributed by atoms with van der Waals surface area (Å²) in [5.74, 6) is -1.33. The molecule has 2 aromatic carbocycles. The average Bonchev–Trinajstić information content (AvgIpc) is 3.11. The van der Waals surface area contributed by atoms with E-state index in [0.717, 1.165) is 5.69 Å². The van der Waals surface area contributed by atoms with Crippen LogP contribution >= 0.6 is 0 Å². The summed E-state index contributed by atoms with van der Waals surface area (Å²) < 4.78 is 37.9. The molecule has 0 N–H and O–H groups in total. The van der Waals surface area contributed by atoms with Crippen molar-refractivity contribution in [1.82, 2.24) is 4.31 Å². The molecule has 2 atom stereocenters. The molecule has 8 nitrogen and oxygen atoms in total. The summed E-state index contributed by atoms with van der Waals surface area (Å²) in [6.45, 7) is 3.56. The van der Waals surface area contributed by atoms with Crippen LogP contribution in [-0.4, -0.2) is 63.0 Å². The highest BCUT2D eigenvalue weighted by Gasteiger charge is 2.35. The van der Waals surface area contributed by atoms with Crippen LogP contribution < -0.4 is 4.90 Å². The van der Waals surface area contributed by atoms with E-state index in [2.05, 4.69) is 4.90 Å². The number of rotatable bonds is 5. The topological polar surface area (TPSA) is 93.2 Å². The minimum atomic E-state index is -3.76. The van der Waals surface area contributed by atoms with Gasteiger partial charge < -0.3 is 14.4 Å². The Kier molecular flexibility index (Phi) is 5.97. The van der Waals surface area contributed by atoms with Crippen molar-refractivity contribution in [3.63, 3.8) is 0 Å². The van der Waals surface area contributed by atoms with E-state index in [0.29, 0.717) is 26.2 Å². The Hall–Kier alpha value is -2.91. The van der Waals surface area contributed by atoms with Crippen molar-refractivity contribution in [2.45, 2.75) is 30.4 Å². The molecule has 0 aromatic heterocycles. The van der Waals surface area contributed by atoms with Gasteiger partial charge in [-0.3, -0.25) is 0 Å². The van der Waals surface area contributed by atoms with Gasteiger partial charge >= 0.3 is 11.9 Å². The summed E-state index contributed by atoms with van der Waals surface area (Å²) in [6.07, 6.45) is -0.991. The molecule has 9 heteroatoms. The number of carbonyl (C=O) groups excluding carboxylic acids is 2. The molecule has 4 rings (SSSR count). The summed E-state index contributed by atoms with van der Waals surface area (Å²) in [5, 5.41) is 0. The Bertz CT molecular complexity index is 1060. The number of nitrogens with zero attached hydrogens (tertiary/aromatic N) is 2. The zero-order valence-corrected chi connectivity index (χ0v) is 18.0. The maximum absolute atomic E-state index is 13.1. The zero-order chi connectivity index (χ0) is 22.0. The van der Waals surface area contributed by atoms with Gasteiger partial charge in [0.15, 0.2) is 0 Å². The summed E-state index contributed by atoms with van der Waals surface area (Å²) in [4.78, 5) is 26.3. The molecule has 0 spiro atoms. The Labute approximate surface area is 181 Å². The van der Waals surface area contributed by atoms with Gasteiger partial charge in [-0.1, -0.05) is 24.3 Å². The first-order valence-electron chi connectivity index (χ1n) is 10.2. The van der Waals surface area contributed by atoms with Gasteiger partial charge in [-0.05, 0) is 37.3 Å². The van der Waals surface area contributed by atoms with Gasteiger partial charge in [0.05, 0.1) is 10.5 Å². The molecule has 0 aliphatic carbocycles. The molecular weight excluding hydrogens is 420 g/mol. The SMILES string of the molecule is C[C@H]1C[C@H](OC(=O)c2cccc(S(=O)(=O)N3CCN(c4ccccc4)CC3)c2)C(=O)O1. The number of sulfonamides is 1. The van der Waals surface area contributed by atoms with E-state index in [-0.39, 0.29) is 23.0 Å². The Morgan fingerprint density at radius 3 is 2.39 bits per heavy atom. The summed E-state index contributed by atoms with van der Waals surface area (Å²) >= 11 is 0. The number of benzene rings is 2. The Morgan fingerprint density at radius 1 is 1.03 bits per heavy atom. The van der Waals surface area contributed by atoms with Crippen LogP contribution in [0, 0.1) is 0 Å². The fraction of sp³-hybridized carbons (Fsp3) is 0.364. The van der Waals surface area contributed by atoms with Crippen molar-refractivity contribution in [2.75, 3.05) is 31.1 Å². The van der Waals surface area contributed by atoms with Crippen LogP contribution in [0.2, 0.25) is 0 Å². The number of cyclic esters (lactones) is 1. The quantitative estimate of drug-likeness (QED) is 0.652. The maximum Gasteiger partial charge on any atom is 0.347 e. The summed E-state index contributed by atoms with van der Waals surface area (Å²) in [7, 11) is -3.76. The van der Waals surface area contributed by atoms with Crippen LogP contribution in [0.3, 0.4) is 0 Å². The number of anilines is 1. The molecule has 2 heterocycles. The monoisotopic (exact) mass is 444 g/mol. The molecule has 2 saturated heterocycles. The molecule has 31 heavy (non-hydrogen) atoms. The zero-order valence-electron chi connectivity index (χ0n) is 17.1. The fourth-order valence-corrected chi connectivity index (χ4v) is 5.24. The van der Waals surface area contributed by atoms with Gasteiger partial charge in [0, 0.05) is 38.3 Å². The van der Waals surface area contributed by atoms with E-state index in [1.54, 1.807) is 6.92 Å². The first-order chi connectivity index (χ1) is 14.8. The van der Waals surface area contributed by atoms with E-state index in [1.807, 2.05) is 30.3 Å². The predicted molar refractivity (Wildman–Crippen MR) is 113 cm³/mol. The molecule has 0 amide bonds. The van der Waals surface area contributed by atoms with Crippen LogP contribution in [0.15, 0.2) is 59.5 Å². The number of para-hydroxylation sites is 1. The number of hydrogen-bond donors (Lipinski definition) is 0. The number of carbonyl (C=O) groups is 2. The third-order valence-electron chi connectivity index (χ3n) is 5.44. The smallest absolute Gasteiger partial charge is 0.347 e. The van der Waals surface area contributed by atoms with Crippen LogP contribution in [-0.2, 0) is 24.3 Å². The van der Waals surface area contributed by atoms with E-state index in [1.165, 1.54) is 28.6 Å². The van der Waals surface area contributed by atoms with Crippen molar-refractivity contribution in [2.24, 2.45) is 0 Å². The third kappa shape index (κ3) is 4.57. The lowest BCUT2D eigenvalue weighted by molar-refractivity contribution is -0.147. The standard InChI is InChI=1S/C22H24N2O6S/c1-16-14-20(22(26)29-16)30-21(25)17-6-5-9-19(15-17)31(27,28)24-12-10-23(11-13-24)18-7-3-2-4-8-18/h2-9,15-16,20H,10-14H2,1H3/t16-,20-/m0/s1. The van der Waals surface area contributed by atoms with Gasteiger partial charge in [-0.15, -0.1) is 0 Å². The molecule has 2 aliphatic heterocycles. The second-order valence-corrected chi connectivity index (χ2v) is 9.57. The van der Waals surface area contributed by atoms with Crippen LogP contribution in [0.1, 0.15) is 23.7 Å². The van der Waals surface area contributed by atoms with Gasteiger partial charge in [-0.2, -0.15) is 4.31 Å². The molecular formula is C22H24N2O6S. The van der Waals surface area contributed by atoms with E-state index in [4.69, 9.17) is 9.47 Å². The Morgan fingerprint density at radius 2 is 1.74 bits per heavy atom. The molecule has 2 aliphatic rings. The van der Waals surface area contributed by atoms with Gasteiger partial charge in [0.1, 0.15) is 6.10 Å². The molecule has 2 fully saturated rings. The summed E-state index contributed by atoms with van der Waals surface area (Å²) in [6, 6.07) is 15.6. The molecule has 164 valence electrons. The molecule has 0 bridgehead atoms. The second-order valence-electron chi connectivity index (χ2n) is 7.63. The van der Waals surface area contributed by atoms with E-state index in [9.17, 15) is 18.0 Å². The van der Waals surface area contributed by atoms with E-state index >= 15 is 0 Å². The Balaban J connectivity index is 1.44. The van der Waals surface area contributed by atoms with Crippen molar-refractivity contribution in [3.05, 3.63) is 60.2 Å². The van der Waals surface area contributed by atoms with Gasteiger partial charge in [-0.25, -0.2) is 18.0 Å². The van der Waals surface area contributed by atoms with Crippen LogP contribution in [0.5, 0.6) is 0 Å².